The van der Waals surface area contributed by atoms with Crippen LogP contribution in [0.4, 0.5) is 18.9 Å². The number of carbonyl (C=O) groups excluding carboxylic acids is 1. The molecule has 2 N–H and O–H groups in total. The number of carbonyl (C=O) groups is 1. The zero-order valence-electron chi connectivity index (χ0n) is 16.8. The molecule has 2 rings (SSSR count). The van der Waals surface area contributed by atoms with Crippen molar-refractivity contribution in [2.75, 3.05) is 11.0 Å². The van der Waals surface area contributed by atoms with Gasteiger partial charge in [0.05, 0.1) is 6.26 Å². The summed E-state index contributed by atoms with van der Waals surface area (Å²) in [6, 6.07) is 6.66. The summed E-state index contributed by atoms with van der Waals surface area (Å²) in [5, 5.41) is 2.87. The Morgan fingerprint density at radius 2 is 1.94 bits per heavy atom. The number of hydrogen-bond donors (Lipinski definition) is 2. The van der Waals surface area contributed by atoms with E-state index in [-0.39, 0.29) is 17.3 Å². The fourth-order valence-corrected chi connectivity index (χ4v) is 3.44. The van der Waals surface area contributed by atoms with Gasteiger partial charge in [-0.2, -0.15) is 13.2 Å². The van der Waals surface area contributed by atoms with Crippen molar-refractivity contribution < 1.29 is 26.4 Å². The van der Waals surface area contributed by atoms with Crippen LogP contribution in [0.15, 0.2) is 36.4 Å². The van der Waals surface area contributed by atoms with Crippen LogP contribution in [0.5, 0.6) is 0 Å². The lowest BCUT2D eigenvalue weighted by Crippen LogP contribution is -2.20. The van der Waals surface area contributed by atoms with E-state index in [0.29, 0.717) is 29.7 Å². The highest BCUT2D eigenvalue weighted by atomic mass is 35.5. The standard InChI is InChI=1S/C20H21ClF3N3O3S/c1-3-4-17-13(6-9-18(26-17)20(22,23)24)7-10-19(28)25-12-14-5-8-15(11-16(14)21)27-31(2,29)30/h5-11,27H,3-4,12H2,1-2H3,(H,25,28)/b10-7+. The molecule has 1 aromatic heterocycles. The van der Waals surface area contributed by atoms with E-state index in [2.05, 4.69) is 15.0 Å². The largest absolute Gasteiger partial charge is 0.433 e. The lowest BCUT2D eigenvalue weighted by molar-refractivity contribution is -0.141. The molecule has 0 radical (unpaired) electrons. The number of aryl methyl sites for hydroxylation is 1. The normalized spacial score (nSPS) is 12.2. The van der Waals surface area contributed by atoms with Gasteiger partial charge in [-0.05, 0) is 41.8 Å². The average Bonchev–Trinajstić information content (AvgIpc) is 2.64. The second-order valence-electron chi connectivity index (χ2n) is 6.71. The molecule has 2 aromatic rings. The molecule has 0 aliphatic heterocycles. The summed E-state index contributed by atoms with van der Waals surface area (Å²) >= 11 is 6.12. The quantitative estimate of drug-likeness (QED) is 0.554. The molecule has 0 saturated heterocycles. The number of amides is 1. The number of sulfonamides is 1. The molecular weight excluding hydrogens is 455 g/mol. The molecule has 0 saturated carbocycles. The second kappa shape index (κ2) is 10.1. The van der Waals surface area contributed by atoms with Crippen LogP contribution in [-0.2, 0) is 34.0 Å². The topological polar surface area (TPSA) is 88.2 Å². The molecule has 0 spiro atoms. The van der Waals surface area contributed by atoms with Crippen molar-refractivity contribution in [3.05, 3.63) is 63.9 Å². The van der Waals surface area contributed by atoms with E-state index in [1.54, 1.807) is 6.07 Å². The first kappa shape index (κ1) is 24.7. The molecule has 0 bridgehead atoms. The van der Waals surface area contributed by atoms with Gasteiger partial charge in [0.2, 0.25) is 15.9 Å². The predicted molar refractivity (Wildman–Crippen MR) is 114 cm³/mol. The highest BCUT2D eigenvalue weighted by molar-refractivity contribution is 7.92. The molecule has 1 aromatic carbocycles. The Morgan fingerprint density at radius 3 is 2.52 bits per heavy atom. The van der Waals surface area contributed by atoms with Gasteiger partial charge in [0.25, 0.3) is 0 Å². The first-order chi connectivity index (χ1) is 14.4. The van der Waals surface area contributed by atoms with Crippen molar-refractivity contribution in [2.24, 2.45) is 0 Å². The minimum absolute atomic E-state index is 0.0776. The van der Waals surface area contributed by atoms with Crippen LogP contribution in [0.1, 0.15) is 35.9 Å². The maximum Gasteiger partial charge on any atom is 0.433 e. The van der Waals surface area contributed by atoms with Crippen LogP contribution in [-0.4, -0.2) is 25.6 Å². The van der Waals surface area contributed by atoms with E-state index in [4.69, 9.17) is 11.6 Å². The molecule has 0 unspecified atom stereocenters. The number of aromatic nitrogens is 1. The third-order valence-electron chi connectivity index (χ3n) is 4.01. The van der Waals surface area contributed by atoms with Crippen molar-refractivity contribution in [2.45, 2.75) is 32.5 Å². The fraction of sp³-hybridized carbons (Fsp3) is 0.300. The molecule has 168 valence electrons. The number of benzene rings is 1. The molecule has 1 heterocycles. The highest BCUT2D eigenvalue weighted by Gasteiger charge is 2.32. The Kier molecular flexibility index (Phi) is 8.08. The Bertz CT molecular complexity index is 1090. The molecule has 0 atom stereocenters. The maximum absolute atomic E-state index is 12.9. The zero-order chi connectivity index (χ0) is 23.2. The molecule has 31 heavy (non-hydrogen) atoms. The van der Waals surface area contributed by atoms with Gasteiger partial charge in [-0.15, -0.1) is 0 Å². The highest BCUT2D eigenvalue weighted by Crippen LogP contribution is 2.29. The number of nitrogens with one attached hydrogen (secondary N) is 2. The number of hydrogen-bond acceptors (Lipinski definition) is 4. The van der Waals surface area contributed by atoms with Gasteiger partial charge in [-0.3, -0.25) is 9.52 Å². The van der Waals surface area contributed by atoms with Crippen molar-refractivity contribution >= 4 is 39.3 Å². The summed E-state index contributed by atoms with van der Waals surface area (Å²) < 4.78 is 63.4. The number of halogens is 4. The molecule has 11 heteroatoms. The Labute approximate surface area is 183 Å². The SMILES string of the molecule is CCCc1nc(C(F)(F)F)ccc1/C=C/C(=O)NCc1ccc(NS(C)(=O)=O)cc1Cl. The molecule has 6 nitrogen and oxygen atoms in total. The number of alkyl halides is 3. The monoisotopic (exact) mass is 475 g/mol. The van der Waals surface area contributed by atoms with Crippen LogP contribution < -0.4 is 10.0 Å². The van der Waals surface area contributed by atoms with E-state index in [0.717, 1.165) is 12.3 Å². The fourth-order valence-electron chi connectivity index (χ4n) is 2.63. The van der Waals surface area contributed by atoms with E-state index in [1.807, 2.05) is 6.92 Å². The van der Waals surface area contributed by atoms with Crippen LogP contribution in [0.2, 0.25) is 5.02 Å². The summed E-state index contributed by atoms with van der Waals surface area (Å²) in [6.07, 6.45) is 0.0388. The Morgan fingerprint density at radius 1 is 1.23 bits per heavy atom. The van der Waals surface area contributed by atoms with Crippen molar-refractivity contribution in [3.8, 4) is 0 Å². The third kappa shape index (κ3) is 7.87. The van der Waals surface area contributed by atoms with Gasteiger partial charge in [0.15, 0.2) is 0 Å². The number of rotatable bonds is 8. The summed E-state index contributed by atoms with van der Waals surface area (Å²) in [6.45, 7) is 1.90. The predicted octanol–water partition coefficient (Wildman–Crippen LogP) is 4.41. The summed E-state index contributed by atoms with van der Waals surface area (Å²) in [5.74, 6) is -0.475. The summed E-state index contributed by atoms with van der Waals surface area (Å²) in [5.41, 5.74) is 0.574. The Hall–Kier alpha value is -2.59. The van der Waals surface area contributed by atoms with Gasteiger partial charge >= 0.3 is 6.18 Å². The van der Waals surface area contributed by atoms with Gasteiger partial charge in [0.1, 0.15) is 5.69 Å². The summed E-state index contributed by atoms with van der Waals surface area (Å²) in [4.78, 5) is 15.8. The van der Waals surface area contributed by atoms with E-state index < -0.39 is 27.8 Å². The first-order valence-electron chi connectivity index (χ1n) is 9.18. The average molecular weight is 476 g/mol. The molecule has 0 aliphatic rings. The summed E-state index contributed by atoms with van der Waals surface area (Å²) in [7, 11) is -3.44. The number of pyridine rings is 1. The third-order valence-corrected chi connectivity index (χ3v) is 4.97. The van der Waals surface area contributed by atoms with Crippen molar-refractivity contribution in [1.82, 2.24) is 10.3 Å². The van der Waals surface area contributed by atoms with E-state index in [9.17, 15) is 26.4 Å². The van der Waals surface area contributed by atoms with Gasteiger partial charge in [-0.1, -0.05) is 37.1 Å². The van der Waals surface area contributed by atoms with Gasteiger partial charge in [-0.25, -0.2) is 13.4 Å². The molecule has 1 amide bonds. The van der Waals surface area contributed by atoms with E-state index >= 15 is 0 Å². The lowest BCUT2D eigenvalue weighted by Gasteiger charge is -2.10. The minimum Gasteiger partial charge on any atom is -0.348 e. The van der Waals surface area contributed by atoms with E-state index in [1.165, 1.54) is 30.4 Å². The van der Waals surface area contributed by atoms with Crippen molar-refractivity contribution in [3.63, 3.8) is 0 Å². The lowest BCUT2D eigenvalue weighted by atomic mass is 10.1. The van der Waals surface area contributed by atoms with Crippen LogP contribution >= 0.6 is 11.6 Å². The second-order valence-corrected chi connectivity index (χ2v) is 8.87. The molecule has 0 aliphatic carbocycles. The Balaban J connectivity index is 2.06. The smallest absolute Gasteiger partial charge is 0.348 e. The first-order valence-corrected chi connectivity index (χ1v) is 11.4. The minimum atomic E-state index is -4.53. The van der Waals surface area contributed by atoms with Gasteiger partial charge < -0.3 is 5.32 Å². The van der Waals surface area contributed by atoms with Crippen LogP contribution in [0, 0.1) is 0 Å². The van der Waals surface area contributed by atoms with Crippen LogP contribution in [0.3, 0.4) is 0 Å². The van der Waals surface area contributed by atoms with Gasteiger partial charge in [0, 0.05) is 29.0 Å². The maximum atomic E-state index is 12.9. The van der Waals surface area contributed by atoms with Crippen molar-refractivity contribution in [1.29, 1.82) is 0 Å². The number of nitrogens with zero attached hydrogens (tertiary/aromatic N) is 1. The van der Waals surface area contributed by atoms with Crippen LogP contribution in [0.25, 0.3) is 6.08 Å². The zero-order valence-corrected chi connectivity index (χ0v) is 18.3. The molecular formula is C20H21ClF3N3O3S. The molecule has 0 fully saturated rings. The number of anilines is 1.